The standard InChI is InChI=1S/C14H17NO3/c16-13(9-11-5-2-1-3-6-11)15-8-4-7-12(10-15)14(17)18/h1-3,5-6,12H,4,7-10H2,(H,17,18)/t12-/m0/s1. The maximum atomic E-state index is 12.1. The molecule has 1 aromatic rings. The van der Waals surface area contributed by atoms with Gasteiger partial charge in [-0.2, -0.15) is 0 Å². The van der Waals surface area contributed by atoms with E-state index in [1.807, 2.05) is 30.3 Å². The van der Waals surface area contributed by atoms with Crippen LogP contribution in [0.2, 0.25) is 0 Å². The van der Waals surface area contributed by atoms with E-state index >= 15 is 0 Å². The van der Waals surface area contributed by atoms with Crippen molar-refractivity contribution in [2.45, 2.75) is 19.3 Å². The summed E-state index contributed by atoms with van der Waals surface area (Å²) >= 11 is 0. The zero-order valence-electron chi connectivity index (χ0n) is 10.2. The quantitative estimate of drug-likeness (QED) is 0.881. The molecule has 1 amide bonds. The number of hydrogen-bond acceptors (Lipinski definition) is 2. The first-order valence-corrected chi connectivity index (χ1v) is 6.21. The second kappa shape index (κ2) is 5.67. The first-order chi connectivity index (χ1) is 8.66. The first kappa shape index (κ1) is 12.6. The zero-order valence-corrected chi connectivity index (χ0v) is 10.2. The summed E-state index contributed by atoms with van der Waals surface area (Å²) in [5, 5.41) is 8.99. The van der Waals surface area contributed by atoms with E-state index in [1.165, 1.54) is 0 Å². The van der Waals surface area contributed by atoms with Crippen molar-refractivity contribution in [2.75, 3.05) is 13.1 Å². The molecule has 0 aliphatic carbocycles. The smallest absolute Gasteiger partial charge is 0.308 e. The number of aliphatic carboxylic acids is 1. The van der Waals surface area contributed by atoms with Gasteiger partial charge in [0.25, 0.3) is 0 Å². The molecular weight excluding hydrogens is 230 g/mol. The lowest BCUT2D eigenvalue weighted by atomic mass is 9.97. The fourth-order valence-corrected chi connectivity index (χ4v) is 2.29. The van der Waals surface area contributed by atoms with Gasteiger partial charge in [0.2, 0.25) is 5.91 Å². The van der Waals surface area contributed by atoms with Gasteiger partial charge in [-0.05, 0) is 18.4 Å². The van der Waals surface area contributed by atoms with Gasteiger partial charge in [0.1, 0.15) is 0 Å². The number of rotatable bonds is 3. The first-order valence-electron chi connectivity index (χ1n) is 6.21. The molecule has 0 spiro atoms. The molecule has 0 bridgehead atoms. The molecule has 4 heteroatoms. The maximum Gasteiger partial charge on any atom is 0.308 e. The molecule has 1 heterocycles. The van der Waals surface area contributed by atoms with Crippen LogP contribution >= 0.6 is 0 Å². The van der Waals surface area contributed by atoms with Gasteiger partial charge >= 0.3 is 5.97 Å². The summed E-state index contributed by atoms with van der Waals surface area (Å²) in [5.41, 5.74) is 0.972. The summed E-state index contributed by atoms with van der Waals surface area (Å²) in [7, 11) is 0. The van der Waals surface area contributed by atoms with Crippen LogP contribution in [0.25, 0.3) is 0 Å². The van der Waals surface area contributed by atoms with Crippen molar-refractivity contribution in [3.63, 3.8) is 0 Å². The van der Waals surface area contributed by atoms with Crippen molar-refractivity contribution in [2.24, 2.45) is 5.92 Å². The van der Waals surface area contributed by atoms with E-state index in [1.54, 1.807) is 4.90 Å². The molecule has 1 aliphatic rings. The second-order valence-corrected chi connectivity index (χ2v) is 4.68. The Labute approximate surface area is 106 Å². The van der Waals surface area contributed by atoms with Crippen LogP contribution in [0.3, 0.4) is 0 Å². The highest BCUT2D eigenvalue weighted by molar-refractivity contribution is 5.80. The largest absolute Gasteiger partial charge is 0.481 e. The van der Waals surface area contributed by atoms with Crippen molar-refractivity contribution in [1.29, 1.82) is 0 Å². The lowest BCUT2D eigenvalue weighted by molar-refractivity contribution is -0.145. The van der Waals surface area contributed by atoms with Crippen LogP contribution in [0.15, 0.2) is 30.3 Å². The van der Waals surface area contributed by atoms with Crippen molar-refractivity contribution < 1.29 is 14.7 Å². The van der Waals surface area contributed by atoms with Crippen molar-refractivity contribution in [3.8, 4) is 0 Å². The van der Waals surface area contributed by atoms with Crippen LogP contribution in [0.5, 0.6) is 0 Å². The number of amides is 1. The molecule has 0 aromatic heterocycles. The average molecular weight is 247 g/mol. The van der Waals surface area contributed by atoms with Crippen molar-refractivity contribution in [1.82, 2.24) is 4.90 Å². The van der Waals surface area contributed by atoms with Crippen LogP contribution in [-0.2, 0) is 16.0 Å². The van der Waals surface area contributed by atoms with Gasteiger partial charge in [0.05, 0.1) is 12.3 Å². The Bertz CT molecular complexity index is 430. The number of carbonyl (C=O) groups excluding carboxylic acids is 1. The third kappa shape index (κ3) is 3.09. The van der Waals surface area contributed by atoms with E-state index in [4.69, 9.17) is 5.11 Å². The van der Waals surface area contributed by atoms with Crippen LogP contribution in [0.4, 0.5) is 0 Å². The van der Waals surface area contributed by atoms with Gasteiger partial charge in [-0.3, -0.25) is 9.59 Å². The fourth-order valence-electron chi connectivity index (χ4n) is 2.29. The lowest BCUT2D eigenvalue weighted by Crippen LogP contribution is -2.42. The molecule has 4 nitrogen and oxygen atoms in total. The molecule has 0 radical (unpaired) electrons. The Morgan fingerprint density at radius 1 is 1.28 bits per heavy atom. The summed E-state index contributed by atoms with van der Waals surface area (Å²) in [5.74, 6) is -1.18. The summed E-state index contributed by atoms with van der Waals surface area (Å²) in [4.78, 5) is 24.7. The van der Waals surface area contributed by atoms with E-state index < -0.39 is 11.9 Å². The minimum absolute atomic E-state index is 0.0205. The molecule has 1 N–H and O–H groups in total. The normalized spacial score (nSPS) is 19.6. The Morgan fingerprint density at radius 3 is 2.67 bits per heavy atom. The fraction of sp³-hybridized carbons (Fsp3) is 0.429. The summed E-state index contributed by atoms with van der Waals surface area (Å²) in [6, 6.07) is 9.54. The highest BCUT2D eigenvalue weighted by Crippen LogP contribution is 2.17. The molecule has 96 valence electrons. The highest BCUT2D eigenvalue weighted by Gasteiger charge is 2.27. The number of carboxylic acids is 1. The zero-order chi connectivity index (χ0) is 13.0. The molecule has 2 rings (SSSR count). The van der Waals surface area contributed by atoms with Gasteiger partial charge in [-0.1, -0.05) is 30.3 Å². The third-order valence-electron chi connectivity index (χ3n) is 3.32. The maximum absolute atomic E-state index is 12.1. The summed E-state index contributed by atoms with van der Waals surface area (Å²) in [6.07, 6.45) is 1.80. The minimum atomic E-state index is -0.799. The molecule has 0 unspecified atom stereocenters. The average Bonchev–Trinajstić information content (AvgIpc) is 2.40. The number of piperidine rings is 1. The number of likely N-dealkylation sites (tertiary alicyclic amines) is 1. The molecular formula is C14H17NO3. The molecule has 0 saturated carbocycles. The molecule has 1 atom stereocenters. The van der Waals surface area contributed by atoms with Gasteiger partial charge < -0.3 is 10.0 Å². The molecule has 1 saturated heterocycles. The molecule has 1 aromatic carbocycles. The monoisotopic (exact) mass is 247 g/mol. The Kier molecular flexibility index (Phi) is 3.97. The van der Waals surface area contributed by atoms with Crippen LogP contribution in [-0.4, -0.2) is 35.0 Å². The molecule has 1 aliphatic heterocycles. The van der Waals surface area contributed by atoms with E-state index in [9.17, 15) is 9.59 Å². The number of carboxylic acid groups (broad SMARTS) is 1. The van der Waals surface area contributed by atoms with Gasteiger partial charge in [0.15, 0.2) is 0 Å². The van der Waals surface area contributed by atoms with Gasteiger partial charge in [-0.15, -0.1) is 0 Å². The molecule has 18 heavy (non-hydrogen) atoms. The number of carbonyl (C=O) groups is 2. The third-order valence-corrected chi connectivity index (χ3v) is 3.32. The summed E-state index contributed by atoms with van der Waals surface area (Å²) < 4.78 is 0. The van der Waals surface area contributed by atoms with E-state index in [-0.39, 0.29) is 5.91 Å². The van der Waals surface area contributed by atoms with Crippen LogP contribution in [0, 0.1) is 5.92 Å². The number of hydrogen-bond donors (Lipinski definition) is 1. The predicted molar refractivity (Wildman–Crippen MR) is 67.1 cm³/mol. The SMILES string of the molecule is O=C(O)[C@H]1CCCN(C(=O)Cc2ccccc2)C1. The highest BCUT2D eigenvalue weighted by atomic mass is 16.4. The number of benzene rings is 1. The Balaban J connectivity index is 1.95. The lowest BCUT2D eigenvalue weighted by Gasteiger charge is -2.30. The van der Waals surface area contributed by atoms with E-state index in [0.717, 1.165) is 12.0 Å². The molecule has 1 fully saturated rings. The van der Waals surface area contributed by atoms with Crippen LogP contribution in [0.1, 0.15) is 18.4 Å². The van der Waals surface area contributed by atoms with Crippen molar-refractivity contribution >= 4 is 11.9 Å². The summed E-state index contributed by atoms with van der Waals surface area (Å²) in [6.45, 7) is 1.02. The van der Waals surface area contributed by atoms with E-state index in [2.05, 4.69) is 0 Å². The minimum Gasteiger partial charge on any atom is -0.481 e. The topological polar surface area (TPSA) is 57.6 Å². The van der Waals surface area contributed by atoms with E-state index in [0.29, 0.717) is 25.9 Å². The number of nitrogens with zero attached hydrogens (tertiary/aromatic N) is 1. The predicted octanol–water partition coefficient (Wildman–Crippen LogP) is 1.55. The van der Waals surface area contributed by atoms with Crippen LogP contribution < -0.4 is 0 Å². The second-order valence-electron chi connectivity index (χ2n) is 4.68. The Morgan fingerprint density at radius 2 is 2.00 bits per heavy atom. The van der Waals surface area contributed by atoms with Gasteiger partial charge in [0, 0.05) is 13.1 Å². The Hall–Kier alpha value is -1.84. The van der Waals surface area contributed by atoms with Crippen molar-refractivity contribution in [3.05, 3.63) is 35.9 Å². The van der Waals surface area contributed by atoms with Gasteiger partial charge in [-0.25, -0.2) is 0 Å².